The number of hydrogen-bond acceptors (Lipinski definition) is 5. The predicted molar refractivity (Wildman–Crippen MR) is 108 cm³/mol. The lowest BCUT2D eigenvalue weighted by atomic mass is 10.2. The summed E-state index contributed by atoms with van der Waals surface area (Å²) in [6.07, 6.45) is 0. The van der Waals surface area contributed by atoms with E-state index in [1.54, 1.807) is 24.3 Å². The summed E-state index contributed by atoms with van der Waals surface area (Å²) < 4.78 is 14.0. The van der Waals surface area contributed by atoms with Crippen LogP contribution in [0, 0.1) is 15.9 Å². The van der Waals surface area contributed by atoms with Crippen molar-refractivity contribution in [2.24, 2.45) is 0 Å². The number of hydrogen-bond donors (Lipinski definition) is 2. The van der Waals surface area contributed by atoms with Gasteiger partial charge in [0.15, 0.2) is 0 Å². The smallest absolute Gasteiger partial charge is 0.270 e. The minimum absolute atomic E-state index is 0.0490. The molecule has 0 bridgehead atoms. The Balaban J connectivity index is 1.69. The molecule has 0 aliphatic carbocycles. The number of halogens is 1. The van der Waals surface area contributed by atoms with Crippen molar-refractivity contribution in [3.63, 3.8) is 0 Å². The third kappa shape index (κ3) is 3.94. The Labute approximate surface area is 168 Å². The van der Waals surface area contributed by atoms with Gasteiger partial charge in [-0.25, -0.2) is 9.37 Å². The van der Waals surface area contributed by atoms with Crippen LogP contribution in [0.4, 0.5) is 16.0 Å². The van der Waals surface area contributed by atoms with Gasteiger partial charge in [0.05, 0.1) is 21.5 Å². The Bertz CT molecular complexity index is 1210. The third-order valence-electron chi connectivity index (χ3n) is 4.10. The summed E-state index contributed by atoms with van der Waals surface area (Å²) >= 11 is 1.02. The second-order valence-corrected chi connectivity index (χ2v) is 7.11. The van der Waals surface area contributed by atoms with E-state index in [2.05, 4.69) is 15.3 Å². The molecular formula is C20H13FN4O3S. The average molecular weight is 408 g/mol. The number of carbonyl (C=O) groups is 1. The Morgan fingerprint density at radius 2 is 1.83 bits per heavy atom. The fourth-order valence-electron chi connectivity index (χ4n) is 2.73. The maximum absolute atomic E-state index is 14.0. The summed E-state index contributed by atoms with van der Waals surface area (Å²) in [5.41, 5.74) is 1.22. The first kappa shape index (κ1) is 18.6. The highest BCUT2D eigenvalue weighted by molar-refractivity contribution is 7.99. The summed E-state index contributed by atoms with van der Waals surface area (Å²) in [6.45, 7) is 0. The van der Waals surface area contributed by atoms with E-state index in [4.69, 9.17) is 0 Å². The fraction of sp³-hybridized carbons (Fsp3) is 0. The number of anilines is 1. The van der Waals surface area contributed by atoms with Gasteiger partial charge in [-0.2, -0.15) is 0 Å². The van der Waals surface area contributed by atoms with Crippen molar-refractivity contribution >= 4 is 40.3 Å². The van der Waals surface area contributed by atoms with E-state index in [-0.39, 0.29) is 17.2 Å². The van der Waals surface area contributed by atoms with E-state index in [1.165, 1.54) is 24.3 Å². The molecule has 0 aliphatic rings. The van der Waals surface area contributed by atoms with Crippen LogP contribution in [0.15, 0.2) is 76.5 Å². The second-order valence-electron chi connectivity index (χ2n) is 6.03. The van der Waals surface area contributed by atoms with E-state index < -0.39 is 16.6 Å². The molecule has 1 aromatic heterocycles. The van der Waals surface area contributed by atoms with Crippen molar-refractivity contribution in [3.8, 4) is 0 Å². The lowest BCUT2D eigenvalue weighted by Gasteiger charge is -2.09. The number of non-ortho nitro benzene ring substituents is 1. The molecule has 4 aromatic rings. The van der Waals surface area contributed by atoms with Crippen LogP contribution in [0.5, 0.6) is 0 Å². The molecule has 0 fully saturated rings. The second kappa shape index (κ2) is 7.72. The molecule has 0 saturated carbocycles. The molecule has 4 rings (SSSR count). The number of amides is 1. The first-order valence-corrected chi connectivity index (χ1v) is 9.30. The van der Waals surface area contributed by atoms with Crippen LogP contribution in [-0.4, -0.2) is 20.8 Å². The number of carbonyl (C=O) groups excluding carboxylic acids is 1. The summed E-state index contributed by atoms with van der Waals surface area (Å²) in [5, 5.41) is 13.8. The zero-order valence-corrected chi connectivity index (χ0v) is 15.6. The van der Waals surface area contributed by atoms with E-state index in [0.29, 0.717) is 15.3 Å². The Morgan fingerprint density at radius 1 is 1.07 bits per heavy atom. The van der Waals surface area contributed by atoms with Gasteiger partial charge in [-0.1, -0.05) is 36.0 Å². The van der Waals surface area contributed by atoms with E-state index in [1.807, 2.05) is 18.2 Å². The molecular weight excluding hydrogens is 395 g/mol. The molecule has 0 atom stereocenters. The maximum Gasteiger partial charge on any atom is 0.270 e. The monoisotopic (exact) mass is 408 g/mol. The Kier molecular flexibility index (Phi) is 4.96. The number of H-pyrrole nitrogens is 1. The van der Waals surface area contributed by atoms with Gasteiger partial charge >= 0.3 is 0 Å². The largest absolute Gasteiger partial charge is 0.324 e. The van der Waals surface area contributed by atoms with Crippen molar-refractivity contribution < 1.29 is 14.1 Å². The molecule has 29 heavy (non-hydrogen) atoms. The number of nitrogens with one attached hydrogen (secondary N) is 2. The molecule has 2 N–H and O–H groups in total. The number of imidazole rings is 1. The molecule has 0 unspecified atom stereocenters. The highest BCUT2D eigenvalue weighted by Crippen LogP contribution is 2.34. The lowest BCUT2D eigenvalue weighted by Crippen LogP contribution is -2.14. The van der Waals surface area contributed by atoms with Gasteiger partial charge in [0.25, 0.3) is 11.6 Å². The van der Waals surface area contributed by atoms with Gasteiger partial charge in [-0.15, -0.1) is 0 Å². The van der Waals surface area contributed by atoms with E-state index >= 15 is 0 Å². The number of fused-ring (bicyclic) bond motifs is 1. The number of aromatic nitrogens is 2. The highest BCUT2D eigenvalue weighted by atomic mass is 32.2. The van der Waals surface area contributed by atoms with Crippen LogP contribution in [0.25, 0.3) is 11.0 Å². The van der Waals surface area contributed by atoms with Crippen LogP contribution in [-0.2, 0) is 0 Å². The van der Waals surface area contributed by atoms with Crippen molar-refractivity contribution in [2.75, 3.05) is 5.32 Å². The molecule has 9 heteroatoms. The minimum Gasteiger partial charge on any atom is -0.324 e. The molecule has 0 saturated heterocycles. The molecule has 3 aromatic carbocycles. The zero-order chi connectivity index (χ0) is 20.4. The van der Waals surface area contributed by atoms with Gasteiger partial charge in [0.1, 0.15) is 5.82 Å². The van der Waals surface area contributed by atoms with Crippen molar-refractivity contribution in [3.05, 3.63) is 88.2 Å². The molecule has 0 radical (unpaired) electrons. The number of nitrogens with zero attached hydrogens (tertiary/aromatic N) is 2. The van der Waals surface area contributed by atoms with Crippen LogP contribution >= 0.6 is 11.8 Å². The van der Waals surface area contributed by atoms with Crippen LogP contribution in [0.3, 0.4) is 0 Å². The number of nitro benzene ring substituents is 1. The minimum atomic E-state index is -0.591. The Hall–Kier alpha value is -3.72. The van der Waals surface area contributed by atoms with Gasteiger partial charge in [-0.05, 0) is 30.3 Å². The molecule has 0 spiro atoms. The van der Waals surface area contributed by atoms with Gasteiger partial charge < -0.3 is 4.98 Å². The summed E-state index contributed by atoms with van der Waals surface area (Å²) in [6, 6.07) is 17.2. The van der Waals surface area contributed by atoms with Gasteiger partial charge in [0, 0.05) is 21.9 Å². The van der Waals surface area contributed by atoms with Gasteiger partial charge in [0.2, 0.25) is 5.95 Å². The highest BCUT2D eigenvalue weighted by Gasteiger charge is 2.19. The molecule has 1 amide bonds. The van der Waals surface area contributed by atoms with E-state index in [0.717, 1.165) is 17.3 Å². The number of para-hydroxylation sites is 2. The Morgan fingerprint density at radius 3 is 2.59 bits per heavy atom. The van der Waals surface area contributed by atoms with E-state index in [9.17, 15) is 19.3 Å². The first-order chi connectivity index (χ1) is 14.0. The predicted octanol–water partition coefficient (Wildman–Crippen LogP) is 5.01. The SMILES string of the molecule is O=C(Nc1nc2ccccc2[nH]1)c1cc([N+](=O)[O-])ccc1Sc1ccccc1F. The molecule has 144 valence electrons. The normalized spacial score (nSPS) is 10.8. The summed E-state index contributed by atoms with van der Waals surface area (Å²) in [7, 11) is 0. The van der Waals surface area contributed by atoms with Crippen LogP contribution in [0.2, 0.25) is 0 Å². The average Bonchev–Trinajstić information content (AvgIpc) is 3.12. The molecule has 1 heterocycles. The summed E-state index contributed by atoms with van der Waals surface area (Å²) in [4.78, 5) is 31.4. The third-order valence-corrected chi connectivity index (χ3v) is 5.22. The quantitative estimate of drug-likeness (QED) is 0.357. The fourth-order valence-corrected chi connectivity index (χ4v) is 3.68. The number of rotatable bonds is 5. The van der Waals surface area contributed by atoms with Gasteiger partial charge in [-0.3, -0.25) is 20.2 Å². The van der Waals surface area contributed by atoms with Crippen LogP contribution < -0.4 is 5.32 Å². The van der Waals surface area contributed by atoms with Crippen LogP contribution in [0.1, 0.15) is 10.4 Å². The number of nitro groups is 1. The topological polar surface area (TPSA) is 101 Å². The lowest BCUT2D eigenvalue weighted by molar-refractivity contribution is -0.384. The molecule has 0 aliphatic heterocycles. The zero-order valence-electron chi connectivity index (χ0n) is 14.8. The first-order valence-electron chi connectivity index (χ1n) is 8.48. The van der Waals surface area contributed by atoms with Crippen molar-refractivity contribution in [2.45, 2.75) is 9.79 Å². The maximum atomic E-state index is 14.0. The summed E-state index contributed by atoms with van der Waals surface area (Å²) in [5.74, 6) is -0.823. The van der Waals surface area contributed by atoms with Crippen molar-refractivity contribution in [1.82, 2.24) is 9.97 Å². The van der Waals surface area contributed by atoms with Crippen molar-refractivity contribution in [1.29, 1.82) is 0 Å². The number of benzene rings is 3. The molecule has 7 nitrogen and oxygen atoms in total. The number of aromatic amines is 1. The standard InChI is InChI=1S/C20H13FN4O3S/c21-14-5-1-4-8-18(14)29-17-10-9-12(25(27)28)11-13(17)19(26)24-20-22-15-6-2-3-7-16(15)23-20/h1-11H,(H2,22,23,24,26).